The molecule has 0 aliphatic heterocycles. The summed E-state index contributed by atoms with van der Waals surface area (Å²) < 4.78 is 10.4. The maximum absolute atomic E-state index is 11.6. The van der Waals surface area contributed by atoms with Crippen LogP contribution in [0.1, 0.15) is 26.5 Å². The first-order valence-electron chi connectivity index (χ1n) is 6.79. The summed E-state index contributed by atoms with van der Waals surface area (Å²) in [6.45, 7) is 6.10. The minimum absolute atomic E-state index is 0.459. The lowest BCUT2D eigenvalue weighted by atomic mass is 10.2. The average molecular weight is 288 g/mol. The molecule has 112 valence electrons. The highest BCUT2D eigenvalue weighted by Gasteiger charge is 2.15. The fourth-order valence-corrected chi connectivity index (χ4v) is 1.70. The second-order valence-electron chi connectivity index (χ2n) is 5.64. The molecule has 0 unspecified atom stereocenters. The number of hydrogen-bond acceptors (Lipinski definition) is 4. The van der Waals surface area contributed by atoms with Gasteiger partial charge < -0.3 is 14.5 Å². The summed E-state index contributed by atoms with van der Waals surface area (Å²) in [6, 6.07) is 11.2. The molecule has 0 saturated carbocycles. The SMILES string of the molecule is CC(C)(C)OC(=O)Nc1ccc(NCc2ccco2)cc1. The largest absolute Gasteiger partial charge is 0.467 e. The molecule has 0 spiro atoms. The summed E-state index contributed by atoms with van der Waals surface area (Å²) in [6.07, 6.45) is 1.18. The number of anilines is 2. The first-order valence-corrected chi connectivity index (χ1v) is 6.79. The molecule has 2 N–H and O–H groups in total. The fourth-order valence-electron chi connectivity index (χ4n) is 1.70. The lowest BCUT2D eigenvalue weighted by Gasteiger charge is -2.19. The average Bonchev–Trinajstić information content (AvgIpc) is 2.89. The normalized spacial score (nSPS) is 11.0. The van der Waals surface area contributed by atoms with E-state index in [1.54, 1.807) is 6.26 Å². The van der Waals surface area contributed by atoms with Crippen LogP contribution in [0, 0.1) is 0 Å². The van der Waals surface area contributed by atoms with Crippen molar-refractivity contribution in [1.82, 2.24) is 0 Å². The van der Waals surface area contributed by atoms with E-state index in [-0.39, 0.29) is 0 Å². The van der Waals surface area contributed by atoms with E-state index in [0.29, 0.717) is 12.2 Å². The number of hydrogen-bond donors (Lipinski definition) is 2. The van der Waals surface area contributed by atoms with Crippen LogP contribution in [0.15, 0.2) is 47.1 Å². The zero-order valence-electron chi connectivity index (χ0n) is 12.5. The predicted octanol–water partition coefficient (Wildman–Crippen LogP) is 4.24. The van der Waals surface area contributed by atoms with Crippen molar-refractivity contribution in [3.05, 3.63) is 48.4 Å². The van der Waals surface area contributed by atoms with Gasteiger partial charge in [0.25, 0.3) is 0 Å². The van der Waals surface area contributed by atoms with E-state index < -0.39 is 11.7 Å². The van der Waals surface area contributed by atoms with Gasteiger partial charge in [0.05, 0.1) is 12.8 Å². The van der Waals surface area contributed by atoms with Gasteiger partial charge in [-0.05, 0) is 57.2 Å². The van der Waals surface area contributed by atoms with Crippen molar-refractivity contribution in [3.63, 3.8) is 0 Å². The van der Waals surface area contributed by atoms with Gasteiger partial charge in [-0.2, -0.15) is 0 Å². The number of amides is 1. The van der Waals surface area contributed by atoms with Crippen LogP contribution >= 0.6 is 0 Å². The standard InChI is InChI=1S/C16H20N2O3/c1-16(2,3)21-15(19)18-13-8-6-12(7-9-13)17-11-14-5-4-10-20-14/h4-10,17H,11H2,1-3H3,(H,18,19). The molecule has 5 nitrogen and oxygen atoms in total. The lowest BCUT2D eigenvalue weighted by Crippen LogP contribution is -2.27. The molecule has 0 saturated heterocycles. The molecule has 5 heteroatoms. The molecule has 0 atom stereocenters. The summed E-state index contributed by atoms with van der Waals surface area (Å²) in [7, 11) is 0. The lowest BCUT2D eigenvalue weighted by molar-refractivity contribution is 0.0636. The second-order valence-corrected chi connectivity index (χ2v) is 5.64. The van der Waals surface area contributed by atoms with Crippen LogP contribution in [0.3, 0.4) is 0 Å². The molecule has 21 heavy (non-hydrogen) atoms. The molecule has 1 amide bonds. The van der Waals surface area contributed by atoms with Crippen molar-refractivity contribution in [1.29, 1.82) is 0 Å². The van der Waals surface area contributed by atoms with Crippen molar-refractivity contribution in [2.75, 3.05) is 10.6 Å². The highest BCUT2D eigenvalue weighted by Crippen LogP contribution is 2.16. The van der Waals surface area contributed by atoms with Crippen LogP contribution in [-0.4, -0.2) is 11.7 Å². The van der Waals surface area contributed by atoms with Gasteiger partial charge in [0.15, 0.2) is 0 Å². The van der Waals surface area contributed by atoms with E-state index in [4.69, 9.17) is 9.15 Å². The van der Waals surface area contributed by atoms with Gasteiger partial charge in [0.1, 0.15) is 11.4 Å². The molecular weight excluding hydrogens is 268 g/mol. The molecule has 1 heterocycles. The molecule has 0 fully saturated rings. The molecule has 0 aliphatic carbocycles. The van der Waals surface area contributed by atoms with E-state index in [2.05, 4.69) is 10.6 Å². The Morgan fingerprint density at radius 3 is 2.38 bits per heavy atom. The number of furan rings is 1. The molecular formula is C16H20N2O3. The highest BCUT2D eigenvalue weighted by atomic mass is 16.6. The third kappa shape index (κ3) is 5.22. The van der Waals surface area contributed by atoms with Gasteiger partial charge in [-0.3, -0.25) is 5.32 Å². The number of carbonyl (C=O) groups is 1. The van der Waals surface area contributed by atoms with Crippen LogP contribution in [-0.2, 0) is 11.3 Å². The summed E-state index contributed by atoms with van der Waals surface area (Å²) >= 11 is 0. The van der Waals surface area contributed by atoms with Crippen molar-refractivity contribution in [3.8, 4) is 0 Å². The first-order chi connectivity index (χ1) is 9.92. The third-order valence-corrected chi connectivity index (χ3v) is 2.58. The van der Waals surface area contributed by atoms with E-state index in [0.717, 1.165) is 11.4 Å². The Labute approximate surface area is 124 Å². The zero-order chi connectivity index (χ0) is 15.3. The topological polar surface area (TPSA) is 63.5 Å². The Morgan fingerprint density at radius 1 is 1.14 bits per heavy atom. The number of carbonyl (C=O) groups excluding carboxylic acids is 1. The minimum atomic E-state index is -0.505. The minimum Gasteiger partial charge on any atom is -0.467 e. The molecule has 2 rings (SSSR count). The Kier molecular flexibility index (Phi) is 4.52. The van der Waals surface area contributed by atoms with Crippen molar-refractivity contribution in [2.24, 2.45) is 0 Å². The van der Waals surface area contributed by atoms with E-state index in [9.17, 15) is 4.79 Å². The molecule has 1 aromatic heterocycles. The van der Waals surface area contributed by atoms with Crippen LogP contribution < -0.4 is 10.6 Å². The summed E-state index contributed by atoms with van der Waals surface area (Å²) in [5, 5.41) is 5.92. The predicted molar refractivity (Wildman–Crippen MR) is 82.3 cm³/mol. The van der Waals surface area contributed by atoms with Gasteiger partial charge in [-0.15, -0.1) is 0 Å². The van der Waals surface area contributed by atoms with Crippen LogP contribution in [0.5, 0.6) is 0 Å². The van der Waals surface area contributed by atoms with E-state index in [1.165, 1.54) is 0 Å². The molecule has 0 bridgehead atoms. The van der Waals surface area contributed by atoms with Crippen molar-refractivity contribution >= 4 is 17.5 Å². The van der Waals surface area contributed by atoms with Crippen LogP contribution in [0.2, 0.25) is 0 Å². The summed E-state index contributed by atoms with van der Waals surface area (Å²) in [5.74, 6) is 0.867. The number of nitrogens with one attached hydrogen (secondary N) is 2. The Morgan fingerprint density at radius 2 is 1.81 bits per heavy atom. The Balaban J connectivity index is 1.85. The van der Waals surface area contributed by atoms with Gasteiger partial charge in [0, 0.05) is 11.4 Å². The first kappa shape index (κ1) is 15.0. The zero-order valence-corrected chi connectivity index (χ0v) is 12.5. The third-order valence-electron chi connectivity index (χ3n) is 2.58. The Hall–Kier alpha value is -2.43. The van der Waals surface area contributed by atoms with Crippen LogP contribution in [0.25, 0.3) is 0 Å². The maximum Gasteiger partial charge on any atom is 0.412 e. The van der Waals surface area contributed by atoms with Gasteiger partial charge in [-0.1, -0.05) is 0 Å². The summed E-state index contributed by atoms with van der Waals surface area (Å²) in [5.41, 5.74) is 1.13. The molecule has 2 aromatic rings. The summed E-state index contributed by atoms with van der Waals surface area (Å²) in [4.78, 5) is 11.6. The number of benzene rings is 1. The second kappa shape index (κ2) is 6.35. The van der Waals surface area contributed by atoms with Gasteiger partial charge in [0.2, 0.25) is 0 Å². The van der Waals surface area contributed by atoms with E-state index >= 15 is 0 Å². The fraction of sp³-hybridized carbons (Fsp3) is 0.312. The van der Waals surface area contributed by atoms with Gasteiger partial charge >= 0.3 is 6.09 Å². The van der Waals surface area contributed by atoms with Crippen molar-refractivity contribution in [2.45, 2.75) is 32.9 Å². The van der Waals surface area contributed by atoms with E-state index in [1.807, 2.05) is 57.2 Å². The molecule has 1 aromatic carbocycles. The Bertz CT molecular complexity index is 569. The quantitative estimate of drug-likeness (QED) is 0.883. The molecule has 0 aliphatic rings. The monoisotopic (exact) mass is 288 g/mol. The smallest absolute Gasteiger partial charge is 0.412 e. The number of rotatable bonds is 4. The maximum atomic E-state index is 11.6. The molecule has 0 radical (unpaired) electrons. The van der Waals surface area contributed by atoms with Crippen LogP contribution in [0.4, 0.5) is 16.2 Å². The van der Waals surface area contributed by atoms with Crippen molar-refractivity contribution < 1.29 is 13.9 Å². The van der Waals surface area contributed by atoms with Gasteiger partial charge in [-0.25, -0.2) is 4.79 Å². The highest BCUT2D eigenvalue weighted by molar-refractivity contribution is 5.85. The number of ether oxygens (including phenoxy) is 1.